The molecule has 0 aliphatic heterocycles. The molecule has 0 radical (unpaired) electrons. The maximum absolute atomic E-state index is 9.27. The Morgan fingerprint density at radius 2 is 2.32 bits per heavy atom. The van der Waals surface area contributed by atoms with Gasteiger partial charge in [0.1, 0.15) is 18.5 Å². The Balaban J connectivity index is 1.97. The minimum Gasteiger partial charge on any atom is -0.491 e. The predicted octanol–water partition coefficient (Wildman–Crippen LogP) is 1.41. The van der Waals surface area contributed by atoms with Crippen molar-refractivity contribution in [1.82, 2.24) is 5.32 Å². The van der Waals surface area contributed by atoms with E-state index in [1.165, 1.54) is 11.1 Å². The molecule has 0 amide bonds. The van der Waals surface area contributed by atoms with Gasteiger partial charge in [0.15, 0.2) is 0 Å². The van der Waals surface area contributed by atoms with Crippen LogP contribution < -0.4 is 10.1 Å². The van der Waals surface area contributed by atoms with Gasteiger partial charge in [-0.3, -0.25) is 0 Å². The number of fused-ring (bicyclic) bond motifs is 1. The van der Waals surface area contributed by atoms with Crippen molar-refractivity contribution in [2.45, 2.75) is 38.3 Å². The van der Waals surface area contributed by atoms with Crippen LogP contribution in [0.25, 0.3) is 0 Å². The number of aliphatic hydroxyl groups excluding tert-OH is 2. The van der Waals surface area contributed by atoms with Crippen molar-refractivity contribution < 1.29 is 14.9 Å². The number of ether oxygens (including phenoxy) is 1. The molecule has 0 aromatic heterocycles. The van der Waals surface area contributed by atoms with E-state index in [-0.39, 0.29) is 13.2 Å². The zero-order valence-corrected chi connectivity index (χ0v) is 11.4. The summed E-state index contributed by atoms with van der Waals surface area (Å²) in [4.78, 5) is 0. The van der Waals surface area contributed by atoms with Crippen LogP contribution in [0.2, 0.25) is 0 Å². The van der Waals surface area contributed by atoms with Crippen molar-refractivity contribution in [3.8, 4) is 5.75 Å². The number of benzene rings is 1. The van der Waals surface area contributed by atoms with Gasteiger partial charge >= 0.3 is 0 Å². The number of hydrogen-bond donors (Lipinski definition) is 3. The van der Waals surface area contributed by atoms with Crippen LogP contribution in [0.4, 0.5) is 0 Å². The van der Waals surface area contributed by atoms with E-state index in [2.05, 4.69) is 18.3 Å². The molecule has 4 nitrogen and oxygen atoms in total. The molecule has 1 aliphatic rings. The normalized spacial score (nSPS) is 19.2. The van der Waals surface area contributed by atoms with Gasteiger partial charge in [0, 0.05) is 6.04 Å². The van der Waals surface area contributed by atoms with Gasteiger partial charge in [0.2, 0.25) is 0 Å². The van der Waals surface area contributed by atoms with Gasteiger partial charge in [-0.05, 0) is 49.1 Å². The SMILES string of the molecule is CCCNC1CCc2cc(OCC(O)CO)ccc21. The zero-order valence-electron chi connectivity index (χ0n) is 11.4. The number of aryl methyl sites for hydroxylation is 1. The van der Waals surface area contributed by atoms with Crippen LogP contribution >= 0.6 is 0 Å². The van der Waals surface area contributed by atoms with E-state index in [0.29, 0.717) is 6.04 Å². The fraction of sp³-hybridized carbons (Fsp3) is 0.600. The van der Waals surface area contributed by atoms with Crippen LogP contribution in [0.1, 0.15) is 36.9 Å². The summed E-state index contributed by atoms with van der Waals surface area (Å²) in [6.45, 7) is 3.08. The van der Waals surface area contributed by atoms with Crippen LogP contribution in [-0.4, -0.2) is 36.1 Å². The molecular formula is C15H23NO3. The van der Waals surface area contributed by atoms with Crippen LogP contribution in [0.3, 0.4) is 0 Å². The highest BCUT2D eigenvalue weighted by molar-refractivity contribution is 5.40. The topological polar surface area (TPSA) is 61.7 Å². The lowest BCUT2D eigenvalue weighted by Gasteiger charge is -2.14. The number of nitrogens with one attached hydrogen (secondary N) is 1. The summed E-state index contributed by atoms with van der Waals surface area (Å²) in [5.74, 6) is 0.766. The first-order valence-electron chi connectivity index (χ1n) is 7.02. The van der Waals surface area contributed by atoms with Gasteiger partial charge < -0.3 is 20.3 Å². The molecule has 1 aromatic rings. The molecular weight excluding hydrogens is 242 g/mol. The van der Waals surface area contributed by atoms with Crippen molar-refractivity contribution >= 4 is 0 Å². The molecule has 2 unspecified atom stereocenters. The average molecular weight is 265 g/mol. The van der Waals surface area contributed by atoms with Gasteiger partial charge in [0.25, 0.3) is 0 Å². The summed E-state index contributed by atoms with van der Waals surface area (Å²) in [6.07, 6.45) is 2.54. The maximum Gasteiger partial charge on any atom is 0.119 e. The Bertz CT molecular complexity index is 408. The highest BCUT2D eigenvalue weighted by Crippen LogP contribution is 2.33. The summed E-state index contributed by atoms with van der Waals surface area (Å²) >= 11 is 0. The molecule has 1 aromatic carbocycles. The Hall–Kier alpha value is -1.10. The quantitative estimate of drug-likeness (QED) is 0.697. The molecule has 0 fully saturated rings. The first-order valence-corrected chi connectivity index (χ1v) is 7.02. The third-order valence-electron chi connectivity index (χ3n) is 3.49. The Labute approximate surface area is 114 Å². The highest BCUT2D eigenvalue weighted by atomic mass is 16.5. The Morgan fingerprint density at radius 1 is 1.47 bits per heavy atom. The molecule has 19 heavy (non-hydrogen) atoms. The summed E-state index contributed by atoms with van der Waals surface area (Å²) in [5.41, 5.74) is 2.69. The molecule has 4 heteroatoms. The molecule has 0 saturated carbocycles. The molecule has 2 rings (SSSR count). The fourth-order valence-electron chi connectivity index (χ4n) is 2.46. The van der Waals surface area contributed by atoms with E-state index in [0.717, 1.165) is 31.6 Å². The average Bonchev–Trinajstić information content (AvgIpc) is 2.84. The van der Waals surface area contributed by atoms with E-state index in [1.54, 1.807) is 0 Å². The molecule has 2 atom stereocenters. The van der Waals surface area contributed by atoms with Crippen molar-refractivity contribution in [2.24, 2.45) is 0 Å². The summed E-state index contributed by atoms with van der Waals surface area (Å²) < 4.78 is 5.47. The van der Waals surface area contributed by atoms with Gasteiger partial charge in [-0.15, -0.1) is 0 Å². The fourth-order valence-corrected chi connectivity index (χ4v) is 2.46. The second kappa shape index (κ2) is 6.89. The molecule has 0 bridgehead atoms. The van der Waals surface area contributed by atoms with E-state index < -0.39 is 6.10 Å². The lowest BCUT2D eigenvalue weighted by atomic mass is 10.1. The van der Waals surface area contributed by atoms with Crippen molar-refractivity contribution in [1.29, 1.82) is 0 Å². The van der Waals surface area contributed by atoms with Gasteiger partial charge in [-0.2, -0.15) is 0 Å². The zero-order chi connectivity index (χ0) is 13.7. The molecule has 106 valence electrons. The van der Waals surface area contributed by atoms with Crippen LogP contribution in [0.15, 0.2) is 18.2 Å². The van der Waals surface area contributed by atoms with Crippen LogP contribution in [0, 0.1) is 0 Å². The Kier molecular flexibility index (Phi) is 5.19. The largest absolute Gasteiger partial charge is 0.491 e. The summed E-state index contributed by atoms with van der Waals surface area (Å²) in [6, 6.07) is 6.56. The first-order chi connectivity index (χ1) is 9.24. The minimum atomic E-state index is -0.813. The molecule has 0 heterocycles. The molecule has 0 saturated heterocycles. The van der Waals surface area contributed by atoms with Gasteiger partial charge in [-0.1, -0.05) is 13.0 Å². The van der Waals surface area contributed by atoms with Crippen LogP contribution in [-0.2, 0) is 6.42 Å². The van der Waals surface area contributed by atoms with Gasteiger partial charge in [0.05, 0.1) is 6.61 Å². The third-order valence-corrected chi connectivity index (χ3v) is 3.49. The monoisotopic (exact) mass is 265 g/mol. The second-order valence-corrected chi connectivity index (χ2v) is 5.05. The maximum atomic E-state index is 9.27. The van der Waals surface area contributed by atoms with Crippen molar-refractivity contribution in [3.05, 3.63) is 29.3 Å². The molecule has 3 N–H and O–H groups in total. The van der Waals surface area contributed by atoms with E-state index >= 15 is 0 Å². The minimum absolute atomic E-state index is 0.132. The summed E-state index contributed by atoms with van der Waals surface area (Å²) in [5, 5.41) is 21.6. The molecule has 0 spiro atoms. The lowest BCUT2D eigenvalue weighted by molar-refractivity contribution is 0.0536. The van der Waals surface area contributed by atoms with Crippen molar-refractivity contribution in [3.63, 3.8) is 0 Å². The molecule has 1 aliphatic carbocycles. The lowest BCUT2D eigenvalue weighted by Crippen LogP contribution is -2.21. The number of hydrogen-bond acceptors (Lipinski definition) is 4. The van der Waals surface area contributed by atoms with Crippen molar-refractivity contribution in [2.75, 3.05) is 19.8 Å². The third kappa shape index (κ3) is 3.69. The van der Waals surface area contributed by atoms with Gasteiger partial charge in [-0.25, -0.2) is 0 Å². The summed E-state index contributed by atoms with van der Waals surface area (Å²) in [7, 11) is 0. The van der Waals surface area contributed by atoms with E-state index in [4.69, 9.17) is 9.84 Å². The number of aliphatic hydroxyl groups is 2. The standard InChI is InChI=1S/C15H23NO3/c1-2-7-16-15-6-3-11-8-13(4-5-14(11)15)19-10-12(18)9-17/h4-5,8,12,15-18H,2-3,6-7,9-10H2,1H3. The second-order valence-electron chi connectivity index (χ2n) is 5.05. The first kappa shape index (κ1) is 14.3. The van der Waals surface area contributed by atoms with E-state index in [9.17, 15) is 5.11 Å². The van der Waals surface area contributed by atoms with Crippen LogP contribution in [0.5, 0.6) is 5.75 Å². The Morgan fingerprint density at radius 3 is 3.05 bits per heavy atom. The highest BCUT2D eigenvalue weighted by Gasteiger charge is 2.22. The smallest absolute Gasteiger partial charge is 0.119 e. The van der Waals surface area contributed by atoms with E-state index in [1.807, 2.05) is 12.1 Å². The number of rotatable bonds is 7. The predicted molar refractivity (Wildman–Crippen MR) is 74.4 cm³/mol.